The summed E-state index contributed by atoms with van der Waals surface area (Å²) in [6.45, 7) is 0. The summed E-state index contributed by atoms with van der Waals surface area (Å²) in [4.78, 5) is 9.77. The fourth-order valence-electron chi connectivity index (χ4n) is 3.38. The Balaban J connectivity index is 1.84. The Morgan fingerprint density at radius 2 is 1.85 bits per heavy atom. The van der Waals surface area contributed by atoms with E-state index in [1.165, 1.54) is 36.1 Å². The summed E-state index contributed by atoms with van der Waals surface area (Å²) >= 11 is 0. The van der Waals surface area contributed by atoms with Crippen molar-refractivity contribution < 1.29 is 0 Å². The molecule has 102 valence electrons. The number of fused-ring (bicyclic) bond motifs is 1. The van der Waals surface area contributed by atoms with Crippen LogP contribution in [0.15, 0.2) is 30.3 Å². The number of anilines is 1. The van der Waals surface area contributed by atoms with Crippen molar-refractivity contribution >= 4 is 5.82 Å². The Hall–Kier alpha value is -1.90. The standard InChI is InChI=1S/C17H19N3/c1-18-15-13-8-5-9-14(13)19-16(20-15)17(10-11-17)12-6-3-2-4-7-12/h2-4,6-7H,5,8-11H2,1H3,(H,18,19,20). The van der Waals surface area contributed by atoms with Crippen molar-refractivity contribution in [2.24, 2.45) is 0 Å². The molecule has 20 heavy (non-hydrogen) atoms. The molecule has 0 spiro atoms. The molecule has 0 amide bonds. The summed E-state index contributed by atoms with van der Waals surface area (Å²) in [5.74, 6) is 2.07. The van der Waals surface area contributed by atoms with Crippen molar-refractivity contribution in [3.05, 3.63) is 53.0 Å². The minimum atomic E-state index is 0.0739. The molecule has 1 saturated carbocycles. The van der Waals surface area contributed by atoms with Gasteiger partial charge in [-0.1, -0.05) is 30.3 Å². The van der Waals surface area contributed by atoms with Gasteiger partial charge in [-0.25, -0.2) is 9.97 Å². The van der Waals surface area contributed by atoms with E-state index in [1.807, 2.05) is 7.05 Å². The van der Waals surface area contributed by atoms with Crippen molar-refractivity contribution in [2.45, 2.75) is 37.5 Å². The Morgan fingerprint density at radius 3 is 2.55 bits per heavy atom. The third-order valence-corrected chi connectivity index (χ3v) is 4.67. The first kappa shape index (κ1) is 11.9. The van der Waals surface area contributed by atoms with Gasteiger partial charge in [-0.3, -0.25) is 0 Å². The van der Waals surface area contributed by atoms with Crippen LogP contribution in [0.3, 0.4) is 0 Å². The Morgan fingerprint density at radius 1 is 1.05 bits per heavy atom. The summed E-state index contributed by atoms with van der Waals surface area (Å²) in [6.07, 6.45) is 5.76. The molecule has 2 aliphatic carbocycles. The Labute approximate surface area is 119 Å². The second kappa shape index (κ2) is 4.30. The van der Waals surface area contributed by atoms with Gasteiger partial charge in [0.15, 0.2) is 0 Å². The Bertz CT molecular complexity index is 645. The van der Waals surface area contributed by atoms with Crippen molar-refractivity contribution in [2.75, 3.05) is 12.4 Å². The molecule has 2 aliphatic rings. The zero-order chi connectivity index (χ0) is 13.6. The summed E-state index contributed by atoms with van der Waals surface area (Å²) in [5.41, 5.74) is 4.03. The van der Waals surface area contributed by atoms with Crippen molar-refractivity contribution in [1.82, 2.24) is 9.97 Å². The average molecular weight is 265 g/mol. The molecule has 0 bridgehead atoms. The average Bonchev–Trinajstić information content (AvgIpc) is 3.19. The lowest BCUT2D eigenvalue weighted by molar-refractivity contribution is 0.743. The van der Waals surface area contributed by atoms with E-state index in [0.717, 1.165) is 24.5 Å². The number of rotatable bonds is 3. The van der Waals surface area contributed by atoms with Gasteiger partial charge in [0.2, 0.25) is 0 Å². The molecule has 0 radical (unpaired) electrons. The summed E-state index contributed by atoms with van der Waals surface area (Å²) < 4.78 is 0. The minimum absolute atomic E-state index is 0.0739. The van der Waals surface area contributed by atoms with E-state index in [1.54, 1.807) is 0 Å². The van der Waals surface area contributed by atoms with E-state index in [-0.39, 0.29) is 5.41 Å². The molecule has 3 heteroatoms. The highest BCUT2D eigenvalue weighted by atomic mass is 15.0. The summed E-state index contributed by atoms with van der Waals surface area (Å²) in [6, 6.07) is 10.7. The van der Waals surface area contributed by atoms with Crippen LogP contribution >= 0.6 is 0 Å². The van der Waals surface area contributed by atoms with E-state index in [0.29, 0.717) is 0 Å². The molecule has 4 rings (SSSR count). The monoisotopic (exact) mass is 265 g/mol. The molecule has 0 saturated heterocycles. The minimum Gasteiger partial charge on any atom is -0.373 e. The molecule has 0 aliphatic heterocycles. The van der Waals surface area contributed by atoms with Gasteiger partial charge in [-0.05, 0) is 37.7 Å². The highest BCUT2D eigenvalue weighted by Crippen LogP contribution is 2.52. The third-order valence-electron chi connectivity index (χ3n) is 4.67. The molecule has 1 N–H and O–H groups in total. The highest BCUT2D eigenvalue weighted by Gasteiger charge is 2.49. The van der Waals surface area contributed by atoms with Gasteiger partial charge < -0.3 is 5.32 Å². The smallest absolute Gasteiger partial charge is 0.141 e. The predicted molar refractivity (Wildman–Crippen MR) is 80.1 cm³/mol. The van der Waals surface area contributed by atoms with Crippen LogP contribution in [-0.2, 0) is 18.3 Å². The van der Waals surface area contributed by atoms with Crippen LogP contribution in [0, 0.1) is 0 Å². The van der Waals surface area contributed by atoms with Crippen LogP contribution in [0.1, 0.15) is 41.9 Å². The number of aryl methyl sites for hydroxylation is 1. The normalized spacial score (nSPS) is 18.6. The van der Waals surface area contributed by atoms with E-state index in [2.05, 4.69) is 35.6 Å². The predicted octanol–water partition coefficient (Wildman–Crippen LogP) is 3.09. The molecule has 0 unspecified atom stereocenters. The lowest BCUT2D eigenvalue weighted by Crippen LogP contribution is -2.16. The van der Waals surface area contributed by atoms with Crippen molar-refractivity contribution in [3.63, 3.8) is 0 Å². The molecule has 3 nitrogen and oxygen atoms in total. The van der Waals surface area contributed by atoms with E-state index < -0.39 is 0 Å². The second-order valence-corrected chi connectivity index (χ2v) is 5.87. The number of hydrogen-bond donors (Lipinski definition) is 1. The maximum Gasteiger partial charge on any atom is 0.141 e. The van der Waals surface area contributed by atoms with E-state index in [9.17, 15) is 0 Å². The van der Waals surface area contributed by atoms with Gasteiger partial charge >= 0.3 is 0 Å². The largest absolute Gasteiger partial charge is 0.373 e. The fourth-order valence-corrected chi connectivity index (χ4v) is 3.38. The van der Waals surface area contributed by atoms with Crippen LogP contribution in [0.2, 0.25) is 0 Å². The molecule has 1 fully saturated rings. The lowest BCUT2D eigenvalue weighted by atomic mass is 9.95. The van der Waals surface area contributed by atoms with E-state index >= 15 is 0 Å². The van der Waals surface area contributed by atoms with E-state index in [4.69, 9.17) is 9.97 Å². The van der Waals surface area contributed by atoms with Crippen molar-refractivity contribution in [1.29, 1.82) is 0 Å². The van der Waals surface area contributed by atoms with Crippen molar-refractivity contribution in [3.8, 4) is 0 Å². The zero-order valence-electron chi connectivity index (χ0n) is 11.8. The van der Waals surface area contributed by atoms with Gasteiger partial charge in [-0.2, -0.15) is 0 Å². The molecular formula is C17H19N3. The molecule has 1 aromatic heterocycles. The number of aromatic nitrogens is 2. The molecule has 2 aromatic rings. The molecule has 1 aromatic carbocycles. The van der Waals surface area contributed by atoms with Gasteiger partial charge in [0.25, 0.3) is 0 Å². The van der Waals surface area contributed by atoms with Crippen LogP contribution in [0.25, 0.3) is 0 Å². The molecular weight excluding hydrogens is 246 g/mol. The number of nitrogens with one attached hydrogen (secondary N) is 1. The topological polar surface area (TPSA) is 37.8 Å². The number of nitrogens with zero attached hydrogens (tertiary/aromatic N) is 2. The summed E-state index contributed by atoms with van der Waals surface area (Å²) in [5, 5.41) is 3.27. The first-order valence-corrected chi connectivity index (χ1v) is 7.47. The zero-order valence-corrected chi connectivity index (χ0v) is 11.8. The van der Waals surface area contributed by atoms with Crippen LogP contribution in [0.4, 0.5) is 5.82 Å². The molecule has 0 atom stereocenters. The fraction of sp³-hybridized carbons (Fsp3) is 0.412. The first-order valence-electron chi connectivity index (χ1n) is 7.47. The number of benzene rings is 1. The van der Waals surface area contributed by atoms with Gasteiger partial charge in [0, 0.05) is 18.3 Å². The van der Waals surface area contributed by atoms with Crippen LogP contribution in [-0.4, -0.2) is 17.0 Å². The lowest BCUT2D eigenvalue weighted by Gasteiger charge is -2.17. The quantitative estimate of drug-likeness (QED) is 0.926. The first-order chi connectivity index (χ1) is 9.83. The number of hydrogen-bond acceptors (Lipinski definition) is 3. The third kappa shape index (κ3) is 1.65. The Kier molecular flexibility index (Phi) is 2.56. The maximum atomic E-state index is 4.92. The highest BCUT2D eigenvalue weighted by molar-refractivity contribution is 5.51. The van der Waals surface area contributed by atoms with Gasteiger partial charge in [-0.15, -0.1) is 0 Å². The van der Waals surface area contributed by atoms with Crippen LogP contribution in [0.5, 0.6) is 0 Å². The van der Waals surface area contributed by atoms with Crippen LogP contribution < -0.4 is 5.32 Å². The van der Waals surface area contributed by atoms with Gasteiger partial charge in [0.1, 0.15) is 11.6 Å². The maximum absolute atomic E-state index is 4.92. The second-order valence-electron chi connectivity index (χ2n) is 5.87. The summed E-state index contributed by atoms with van der Waals surface area (Å²) in [7, 11) is 1.97. The molecule has 1 heterocycles. The van der Waals surface area contributed by atoms with Gasteiger partial charge in [0.05, 0.1) is 5.41 Å². The SMILES string of the molecule is CNc1nc(C2(c3ccccc3)CC2)nc2c1CCC2.